The number of hydrogen-bond donors (Lipinski definition) is 2. The maximum Gasteiger partial charge on any atom is 0.407 e. The molecule has 170 valence electrons. The lowest BCUT2D eigenvalue weighted by atomic mass is 10.0. The smallest absolute Gasteiger partial charge is 0.407 e. The van der Waals surface area contributed by atoms with Crippen molar-refractivity contribution in [1.82, 2.24) is 15.5 Å². The molecule has 1 saturated heterocycles. The molecule has 2 N–H and O–H groups in total. The van der Waals surface area contributed by atoms with Crippen LogP contribution in [0.25, 0.3) is 0 Å². The summed E-state index contributed by atoms with van der Waals surface area (Å²) in [6, 6.07) is 4.78. The molecule has 8 nitrogen and oxygen atoms in total. The van der Waals surface area contributed by atoms with Crippen molar-refractivity contribution in [2.24, 2.45) is 0 Å². The van der Waals surface area contributed by atoms with Crippen molar-refractivity contribution in [3.05, 3.63) is 34.9 Å². The number of amides is 4. The summed E-state index contributed by atoms with van der Waals surface area (Å²) in [6.07, 6.45) is 2.40. The average molecular weight is 440 g/mol. The number of alkyl carbamates (subject to hydrolysis) is 1. The average Bonchev–Trinajstić information content (AvgIpc) is 3.03. The summed E-state index contributed by atoms with van der Waals surface area (Å²) in [5.74, 6) is 5.35. The van der Waals surface area contributed by atoms with E-state index in [1.54, 1.807) is 12.1 Å². The molecule has 1 aromatic rings. The molecule has 4 amide bonds. The van der Waals surface area contributed by atoms with Gasteiger partial charge in [-0.3, -0.25) is 19.7 Å². The van der Waals surface area contributed by atoms with E-state index >= 15 is 0 Å². The highest BCUT2D eigenvalue weighted by Crippen LogP contribution is 2.29. The molecule has 0 aliphatic carbocycles. The first-order chi connectivity index (χ1) is 15.2. The SMILES string of the molecule is CC(C)(C)OC(=O)NCCCCC#Cc1cccc2c1CN(C1CCC(=O)NC1=O)C2=O. The van der Waals surface area contributed by atoms with Crippen molar-refractivity contribution < 1.29 is 23.9 Å². The minimum Gasteiger partial charge on any atom is -0.444 e. The lowest BCUT2D eigenvalue weighted by Crippen LogP contribution is -2.52. The van der Waals surface area contributed by atoms with Gasteiger partial charge in [0.25, 0.3) is 5.91 Å². The number of fused-ring (bicyclic) bond motifs is 1. The zero-order valence-electron chi connectivity index (χ0n) is 18.7. The molecule has 2 heterocycles. The quantitative estimate of drug-likeness (QED) is 0.417. The van der Waals surface area contributed by atoms with E-state index in [1.807, 2.05) is 26.8 Å². The Bertz CT molecular complexity index is 984. The van der Waals surface area contributed by atoms with Gasteiger partial charge in [0.15, 0.2) is 0 Å². The Balaban J connectivity index is 1.52. The summed E-state index contributed by atoms with van der Waals surface area (Å²) in [7, 11) is 0. The van der Waals surface area contributed by atoms with E-state index in [4.69, 9.17) is 4.74 Å². The number of rotatable bonds is 5. The normalized spacial score (nSPS) is 17.9. The Morgan fingerprint density at radius 2 is 2.03 bits per heavy atom. The Labute approximate surface area is 188 Å². The number of piperidine rings is 1. The Kier molecular flexibility index (Phi) is 7.18. The number of carbonyl (C=O) groups is 4. The number of nitrogens with one attached hydrogen (secondary N) is 2. The molecule has 1 fully saturated rings. The third-order valence-electron chi connectivity index (χ3n) is 5.20. The van der Waals surface area contributed by atoms with Gasteiger partial charge in [-0.05, 0) is 57.7 Å². The van der Waals surface area contributed by atoms with Gasteiger partial charge >= 0.3 is 6.09 Å². The second-order valence-electron chi connectivity index (χ2n) is 8.92. The monoisotopic (exact) mass is 439 g/mol. The van der Waals surface area contributed by atoms with Crippen LogP contribution in [0.2, 0.25) is 0 Å². The van der Waals surface area contributed by atoms with E-state index in [0.717, 1.165) is 24.0 Å². The van der Waals surface area contributed by atoms with Crippen molar-refractivity contribution in [2.45, 2.75) is 71.1 Å². The van der Waals surface area contributed by atoms with Crippen LogP contribution in [0.5, 0.6) is 0 Å². The standard InChI is InChI=1S/C24H29N3O5/c1-24(2,3)32-23(31)25-14-7-5-4-6-9-16-10-8-11-17-18(16)15-27(22(17)30)19-12-13-20(28)26-21(19)29/h8,10-11,19H,4-5,7,12-15H2,1-3H3,(H,25,31)(H,26,28,29). The zero-order chi connectivity index (χ0) is 23.3. The summed E-state index contributed by atoms with van der Waals surface area (Å²) in [5.41, 5.74) is 1.64. The van der Waals surface area contributed by atoms with Crippen LogP contribution < -0.4 is 10.6 Å². The number of benzene rings is 1. The van der Waals surface area contributed by atoms with Gasteiger partial charge in [0.2, 0.25) is 11.8 Å². The van der Waals surface area contributed by atoms with E-state index in [-0.39, 0.29) is 18.2 Å². The van der Waals surface area contributed by atoms with Crippen LogP contribution in [0.3, 0.4) is 0 Å². The van der Waals surface area contributed by atoms with Gasteiger partial charge in [0.05, 0.1) is 0 Å². The van der Waals surface area contributed by atoms with Crippen LogP contribution in [0, 0.1) is 11.8 Å². The maximum absolute atomic E-state index is 12.8. The molecule has 0 radical (unpaired) electrons. The van der Waals surface area contributed by atoms with Crippen molar-refractivity contribution in [3.63, 3.8) is 0 Å². The molecule has 1 atom stereocenters. The first-order valence-corrected chi connectivity index (χ1v) is 10.9. The molecule has 0 aromatic heterocycles. The zero-order valence-corrected chi connectivity index (χ0v) is 18.7. The van der Waals surface area contributed by atoms with E-state index < -0.39 is 23.6 Å². The highest BCUT2D eigenvalue weighted by atomic mass is 16.6. The van der Waals surface area contributed by atoms with Crippen LogP contribution in [0.15, 0.2) is 18.2 Å². The van der Waals surface area contributed by atoms with Gasteiger partial charge in [0.1, 0.15) is 11.6 Å². The second kappa shape index (κ2) is 9.86. The lowest BCUT2D eigenvalue weighted by Gasteiger charge is -2.29. The van der Waals surface area contributed by atoms with Gasteiger partial charge in [-0.1, -0.05) is 17.9 Å². The molecular formula is C24H29N3O5. The number of carbonyl (C=O) groups excluding carboxylic acids is 4. The lowest BCUT2D eigenvalue weighted by molar-refractivity contribution is -0.136. The largest absolute Gasteiger partial charge is 0.444 e. The number of hydrogen-bond acceptors (Lipinski definition) is 5. The van der Waals surface area contributed by atoms with E-state index in [2.05, 4.69) is 22.5 Å². The molecule has 2 aliphatic rings. The van der Waals surface area contributed by atoms with Gasteiger partial charge in [0, 0.05) is 37.1 Å². The molecule has 0 saturated carbocycles. The molecule has 0 bridgehead atoms. The van der Waals surface area contributed by atoms with Gasteiger partial charge < -0.3 is 15.0 Å². The molecule has 8 heteroatoms. The molecule has 1 unspecified atom stereocenters. The number of nitrogens with zero attached hydrogens (tertiary/aromatic N) is 1. The van der Waals surface area contributed by atoms with Crippen LogP contribution in [-0.4, -0.2) is 46.9 Å². The maximum atomic E-state index is 12.8. The fraction of sp³-hybridized carbons (Fsp3) is 0.500. The molecule has 3 rings (SSSR count). The summed E-state index contributed by atoms with van der Waals surface area (Å²) >= 11 is 0. The Morgan fingerprint density at radius 3 is 2.75 bits per heavy atom. The van der Waals surface area contributed by atoms with Crippen LogP contribution in [-0.2, 0) is 20.9 Å². The van der Waals surface area contributed by atoms with Crippen molar-refractivity contribution >= 4 is 23.8 Å². The van der Waals surface area contributed by atoms with Crippen molar-refractivity contribution in [2.75, 3.05) is 6.54 Å². The minimum absolute atomic E-state index is 0.202. The van der Waals surface area contributed by atoms with Crippen LogP contribution >= 0.6 is 0 Å². The van der Waals surface area contributed by atoms with Crippen LogP contribution in [0.1, 0.15) is 74.4 Å². The summed E-state index contributed by atoms with van der Waals surface area (Å²) < 4.78 is 5.19. The van der Waals surface area contributed by atoms with E-state index in [9.17, 15) is 19.2 Å². The Morgan fingerprint density at radius 1 is 1.25 bits per heavy atom. The third kappa shape index (κ3) is 5.88. The van der Waals surface area contributed by atoms with Gasteiger partial charge in [-0.15, -0.1) is 0 Å². The van der Waals surface area contributed by atoms with Crippen molar-refractivity contribution in [1.29, 1.82) is 0 Å². The molecule has 32 heavy (non-hydrogen) atoms. The number of unbranched alkanes of at least 4 members (excludes halogenated alkanes) is 2. The predicted octanol–water partition coefficient (Wildman–Crippen LogP) is 2.49. The fourth-order valence-electron chi connectivity index (χ4n) is 3.70. The number of imide groups is 1. The molecular weight excluding hydrogens is 410 g/mol. The highest BCUT2D eigenvalue weighted by molar-refractivity contribution is 6.05. The highest BCUT2D eigenvalue weighted by Gasteiger charge is 2.39. The first-order valence-electron chi connectivity index (χ1n) is 10.9. The number of ether oxygens (including phenoxy) is 1. The minimum atomic E-state index is -0.633. The van der Waals surface area contributed by atoms with Crippen molar-refractivity contribution in [3.8, 4) is 11.8 Å². The van der Waals surface area contributed by atoms with E-state index in [1.165, 1.54) is 4.90 Å². The van der Waals surface area contributed by atoms with Crippen LogP contribution in [0.4, 0.5) is 4.79 Å². The first kappa shape index (κ1) is 23.3. The third-order valence-corrected chi connectivity index (χ3v) is 5.20. The van der Waals surface area contributed by atoms with Gasteiger partial charge in [-0.25, -0.2) is 4.79 Å². The molecule has 2 aliphatic heterocycles. The molecule has 1 aromatic carbocycles. The van der Waals surface area contributed by atoms with E-state index in [0.29, 0.717) is 31.5 Å². The molecule has 0 spiro atoms. The summed E-state index contributed by atoms with van der Waals surface area (Å²) in [6.45, 7) is 6.29. The Hall–Kier alpha value is -3.34. The summed E-state index contributed by atoms with van der Waals surface area (Å²) in [4.78, 5) is 49.6. The topological polar surface area (TPSA) is 105 Å². The second-order valence-corrected chi connectivity index (χ2v) is 8.92. The summed E-state index contributed by atoms with van der Waals surface area (Å²) in [5, 5.41) is 5.03. The predicted molar refractivity (Wildman–Crippen MR) is 117 cm³/mol. The van der Waals surface area contributed by atoms with Gasteiger partial charge in [-0.2, -0.15) is 0 Å². The fourth-order valence-corrected chi connectivity index (χ4v) is 3.70.